The number of carbonyl (C=O) groups excluding carboxylic acids is 1. The van der Waals surface area contributed by atoms with E-state index >= 15 is 0 Å². The Bertz CT molecular complexity index is 643. The van der Waals surface area contributed by atoms with E-state index in [0.717, 1.165) is 17.7 Å². The lowest BCUT2D eigenvalue weighted by molar-refractivity contribution is 0.145. The Balaban J connectivity index is 1.77. The minimum absolute atomic E-state index is 0.204. The lowest BCUT2D eigenvalue weighted by Crippen LogP contribution is -2.36. The quantitative estimate of drug-likeness (QED) is 0.693. The molecule has 24 heavy (non-hydrogen) atoms. The molecule has 1 heterocycles. The first-order valence-corrected chi connectivity index (χ1v) is 8.17. The molecule has 0 bridgehead atoms. The third-order valence-electron chi connectivity index (χ3n) is 3.55. The maximum atomic E-state index is 13.3. The molecule has 1 aromatic carbocycles. The summed E-state index contributed by atoms with van der Waals surface area (Å²) in [6.07, 6.45) is 2.71. The van der Waals surface area contributed by atoms with Crippen molar-refractivity contribution < 1.29 is 13.9 Å². The maximum Gasteiger partial charge on any atom is 0.315 e. The molecule has 0 aliphatic heterocycles. The molecule has 2 aromatic rings. The lowest BCUT2D eigenvalue weighted by Gasteiger charge is -2.11. The number of benzene rings is 1. The van der Waals surface area contributed by atoms with Crippen LogP contribution in [0.3, 0.4) is 0 Å². The van der Waals surface area contributed by atoms with Crippen molar-refractivity contribution in [3.05, 3.63) is 59.7 Å². The van der Waals surface area contributed by atoms with Crippen molar-refractivity contribution in [2.75, 3.05) is 19.8 Å². The Morgan fingerprint density at radius 2 is 2.12 bits per heavy atom. The van der Waals surface area contributed by atoms with Crippen molar-refractivity contribution in [1.82, 2.24) is 15.2 Å². The van der Waals surface area contributed by atoms with E-state index in [1.54, 1.807) is 6.07 Å². The van der Waals surface area contributed by atoms with Gasteiger partial charge in [0.25, 0.3) is 0 Å². The van der Waals surface area contributed by atoms with Crippen LogP contribution >= 0.6 is 0 Å². The molecule has 2 amide bonds. The van der Waals surface area contributed by atoms with Gasteiger partial charge in [0, 0.05) is 38.2 Å². The zero-order chi connectivity index (χ0) is 17.2. The van der Waals surface area contributed by atoms with Crippen molar-refractivity contribution in [3.63, 3.8) is 0 Å². The molecule has 6 heteroatoms. The predicted octanol–water partition coefficient (Wildman–Crippen LogP) is 2.90. The molecule has 0 unspecified atom stereocenters. The molecule has 0 aliphatic rings. The summed E-state index contributed by atoms with van der Waals surface area (Å²) >= 11 is 0. The molecule has 0 fully saturated rings. The van der Waals surface area contributed by atoms with Crippen LogP contribution in [0, 0.1) is 5.82 Å². The smallest absolute Gasteiger partial charge is 0.315 e. The Kier molecular flexibility index (Phi) is 7.29. The average molecular weight is 333 g/mol. The van der Waals surface area contributed by atoms with Crippen LogP contribution in [0.15, 0.2) is 42.6 Å². The van der Waals surface area contributed by atoms with Crippen LogP contribution in [0.2, 0.25) is 0 Å². The number of nitrogens with zero attached hydrogens (tertiary/aromatic N) is 1. The highest BCUT2D eigenvalue weighted by Crippen LogP contribution is 2.09. The van der Waals surface area contributed by atoms with Crippen LogP contribution in [0.1, 0.15) is 24.6 Å². The number of ether oxygens (including phenoxy) is 1. The van der Waals surface area contributed by atoms with E-state index in [0.29, 0.717) is 32.8 Å². The summed E-state index contributed by atoms with van der Waals surface area (Å²) in [5.74, 6) is -0.245. The highest BCUT2D eigenvalue weighted by Gasteiger charge is 2.05. The standard InChI is InChI=1S/C18H24FN3O2/c1-2-24-11-5-9-20-18(23)21-13-17-8-4-10-22(17)14-15-6-3-7-16(19)12-15/h3-4,6-8,10,12H,2,5,9,11,13-14H2,1H3,(H2,20,21,23). The summed E-state index contributed by atoms with van der Waals surface area (Å²) in [5, 5.41) is 5.62. The second-order valence-electron chi connectivity index (χ2n) is 5.42. The molecule has 0 saturated heterocycles. The van der Waals surface area contributed by atoms with Crippen LogP contribution in [-0.4, -0.2) is 30.4 Å². The number of urea groups is 1. The molecular weight excluding hydrogens is 309 g/mol. The van der Waals surface area contributed by atoms with Gasteiger partial charge in [-0.2, -0.15) is 0 Å². The van der Waals surface area contributed by atoms with Gasteiger partial charge in [-0.3, -0.25) is 0 Å². The van der Waals surface area contributed by atoms with Crippen LogP contribution in [-0.2, 0) is 17.8 Å². The normalized spacial score (nSPS) is 10.6. The SMILES string of the molecule is CCOCCCNC(=O)NCc1cccn1Cc1cccc(F)c1. The predicted molar refractivity (Wildman–Crippen MR) is 91.3 cm³/mol. The molecule has 0 spiro atoms. The number of amides is 2. The molecule has 130 valence electrons. The minimum atomic E-state index is -0.245. The van der Waals surface area contributed by atoms with E-state index in [1.165, 1.54) is 12.1 Å². The first-order valence-electron chi connectivity index (χ1n) is 8.17. The van der Waals surface area contributed by atoms with E-state index in [-0.39, 0.29) is 11.8 Å². The van der Waals surface area contributed by atoms with E-state index < -0.39 is 0 Å². The van der Waals surface area contributed by atoms with E-state index in [9.17, 15) is 9.18 Å². The number of rotatable bonds is 9. The molecule has 2 N–H and O–H groups in total. The van der Waals surface area contributed by atoms with Gasteiger partial charge >= 0.3 is 6.03 Å². The number of aromatic nitrogens is 1. The second kappa shape index (κ2) is 9.72. The third kappa shape index (κ3) is 6.04. The van der Waals surface area contributed by atoms with Gasteiger partial charge < -0.3 is 19.9 Å². The zero-order valence-corrected chi connectivity index (χ0v) is 13.9. The monoisotopic (exact) mass is 333 g/mol. The van der Waals surface area contributed by atoms with Crippen molar-refractivity contribution >= 4 is 6.03 Å². The topological polar surface area (TPSA) is 55.3 Å². The van der Waals surface area contributed by atoms with Gasteiger partial charge in [0.05, 0.1) is 6.54 Å². The summed E-state index contributed by atoms with van der Waals surface area (Å²) in [4.78, 5) is 11.8. The molecule has 0 atom stereocenters. The molecule has 0 saturated carbocycles. The summed E-state index contributed by atoms with van der Waals surface area (Å²) in [6, 6.07) is 10.2. The highest BCUT2D eigenvalue weighted by atomic mass is 19.1. The molecule has 0 radical (unpaired) electrons. The van der Waals surface area contributed by atoms with Crippen LogP contribution in [0.5, 0.6) is 0 Å². The number of halogens is 1. The van der Waals surface area contributed by atoms with E-state index in [4.69, 9.17) is 4.74 Å². The number of hydrogen-bond acceptors (Lipinski definition) is 2. The summed E-state index contributed by atoms with van der Waals surface area (Å²) in [7, 11) is 0. The molecular formula is C18H24FN3O2. The number of hydrogen-bond donors (Lipinski definition) is 2. The van der Waals surface area contributed by atoms with Crippen LogP contribution < -0.4 is 10.6 Å². The molecule has 5 nitrogen and oxygen atoms in total. The molecule has 2 rings (SSSR count). The van der Waals surface area contributed by atoms with Gasteiger partial charge in [-0.05, 0) is 43.2 Å². The largest absolute Gasteiger partial charge is 0.382 e. The fraction of sp³-hybridized carbons (Fsp3) is 0.389. The maximum absolute atomic E-state index is 13.3. The van der Waals surface area contributed by atoms with Gasteiger partial charge in [0.15, 0.2) is 0 Å². The number of nitrogens with one attached hydrogen (secondary N) is 2. The number of carbonyl (C=O) groups is 1. The van der Waals surface area contributed by atoms with Gasteiger partial charge in [0.2, 0.25) is 0 Å². The average Bonchev–Trinajstić information content (AvgIpc) is 3.00. The van der Waals surface area contributed by atoms with Crippen LogP contribution in [0.25, 0.3) is 0 Å². The summed E-state index contributed by atoms with van der Waals surface area (Å²) in [5.41, 5.74) is 1.84. The Labute approximate surface area is 141 Å². The van der Waals surface area contributed by atoms with Gasteiger partial charge in [-0.1, -0.05) is 12.1 Å². The first-order chi connectivity index (χ1) is 11.7. The molecule has 1 aromatic heterocycles. The van der Waals surface area contributed by atoms with Crippen molar-refractivity contribution in [1.29, 1.82) is 0 Å². The highest BCUT2D eigenvalue weighted by molar-refractivity contribution is 5.73. The van der Waals surface area contributed by atoms with E-state index in [1.807, 2.05) is 35.9 Å². The van der Waals surface area contributed by atoms with Crippen molar-refractivity contribution in [3.8, 4) is 0 Å². The van der Waals surface area contributed by atoms with Gasteiger partial charge in [-0.15, -0.1) is 0 Å². The Morgan fingerprint density at radius 1 is 1.25 bits per heavy atom. The Morgan fingerprint density at radius 3 is 2.92 bits per heavy atom. The fourth-order valence-corrected chi connectivity index (χ4v) is 2.35. The van der Waals surface area contributed by atoms with Crippen LogP contribution in [0.4, 0.5) is 9.18 Å². The van der Waals surface area contributed by atoms with Crippen molar-refractivity contribution in [2.45, 2.75) is 26.4 Å². The van der Waals surface area contributed by atoms with Crippen molar-refractivity contribution in [2.24, 2.45) is 0 Å². The third-order valence-corrected chi connectivity index (χ3v) is 3.55. The fourth-order valence-electron chi connectivity index (χ4n) is 2.35. The second-order valence-corrected chi connectivity index (χ2v) is 5.42. The summed E-state index contributed by atoms with van der Waals surface area (Å²) < 4.78 is 20.5. The summed E-state index contributed by atoms with van der Waals surface area (Å²) in [6.45, 7) is 4.84. The lowest BCUT2D eigenvalue weighted by atomic mass is 10.2. The van der Waals surface area contributed by atoms with Gasteiger partial charge in [0.1, 0.15) is 5.82 Å². The molecule has 0 aliphatic carbocycles. The van der Waals surface area contributed by atoms with E-state index in [2.05, 4.69) is 10.6 Å². The van der Waals surface area contributed by atoms with Gasteiger partial charge in [-0.25, -0.2) is 9.18 Å². The zero-order valence-electron chi connectivity index (χ0n) is 13.9. The Hall–Kier alpha value is -2.34. The minimum Gasteiger partial charge on any atom is -0.382 e. The first kappa shape index (κ1) is 18.0.